The average Bonchev–Trinajstić information content (AvgIpc) is 2.86. The lowest BCUT2D eigenvalue weighted by molar-refractivity contribution is -0.135. The molecule has 4 rings (SSSR count). The molecular formula is C25H29F2N5O3. The van der Waals surface area contributed by atoms with Crippen molar-refractivity contribution in [3.8, 4) is 0 Å². The van der Waals surface area contributed by atoms with Crippen LogP contribution in [0.15, 0.2) is 41.3 Å². The largest absolute Gasteiger partial charge is 0.373 e. The Labute approximate surface area is 201 Å². The predicted octanol–water partition coefficient (Wildman–Crippen LogP) is 3.92. The summed E-state index contributed by atoms with van der Waals surface area (Å²) in [5, 5.41) is 12.2. The first-order valence-electron chi connectivity index (χ1n) is 11.5. The van der Waals surface area contributed by atoms with E-state index in [4.69, 9.17) is 4.74 Å². The van der Waals surface area contributed by atoms with Gasteiger partial charge in [0.25, 0.3) is 12.0 Å². The van der Waals surface area contributed by atoms with Crippen molar-refractivity contribution >= 4 is 22.6 Å². The Morgan fingerprint density at radius 3 is 2.51 bits per heavy atom. The number of nitrogens with one attached hydrogen (secondary N) is 1. The Morgan fingerprint density at radius 1 is 1.20 bits per heavy atom. The summed E-state index contributed by atoms with van der Waals surface area (Å²) in [5.74, 6) is 0.425. The Balaban J connectivity index is 1.75. The van der Waals surface area contributed by atoms with Crippen LogP contribution in [0.1, 0.15) is 55.8 Å². The summed E-state index contributed by atoms with van der Waals surface area (Å²) in [6, 6.07) is 7.66. The number of aryl methyl sites for hydroxylation is 1. The molecule has 2 aromatic heterocycles. The summed E-state index contributed by atoms with van der Waals surface area (Å²) in [6.07, 6.45) is -0.0635. The molecule has 1 atom stereocenters. The highest BCUT2D eigenvalue weighted by Gasteiger charge is 2.39. The molecule has 186 valence electrons. The monoisotopic (exact) mass is 485 g/mol. The Bertz CT molecular complexity index is 1300. The van der Waals surface area contributed by atoms with Gasteiger partial charge in [0.05, 0.1) is 23.3 Å². The minimum atomic E-state index is -2.56. The minimum Gasteiger partial charge on any atom is -0.373 e. The van der Waals surface area contributed by atoms with Crippen LogP contribution < -0.4 is 10.9 Å². The van der Waals surface area contributed by atoms with Gasteiger partial charge in [-0.2, -0.15) is 5.10 Å². The summed E-state index contributed by atoms with van der Waals surface area (Å²) in [6.45, 7) is 4.36. The van der Waals surface area contributed by atoms with Crippen LogP contribution in [0.2, 0.25) is 0 Å². The van der Waals surface area contributed by atoms with Gasteiger partial charge in [0.15, 0.2) is 5.82 Å². The molecule has 8 nitrogen and oxygen atoms in total. The van der Waals surface area contributed by atoms with Gasteiger partial charge >= 0.3 is 0 Å². The summed E-state index contributed by atoms with van der Waals surface area (Å²) < 4.78 is 33.8. The van der Waals surface area contributed by atoms with Crippen molar-refractivity contribution in [1.82, 2.24) is 19.7 Å². The zero-order chi connectivity index (χ0) is 25.3. The zero-order valence-electron chi connectivity index (χ0n) is 20.2. The van der Waals surface area contributed by atoms with Crippen molar-refractivity contribution in [2.75, 3.05) is 25.5 Å². The molecular weight excluding hydrogens is 456 g/mol. The molecule has 3 aromatic rings. The van der Waals surface area contributed by atoms with Crippen LogP contribution in [-0.2, 0) is 22.2 Å². The normalized spacial score (nSPS) is 16.5. The maximum Gasteiger partial charge on any atom is 0.263 e. The molecule has 1 aliphatic rings. The van der Waals surface area contributed by atoms with E-state index in [9.17, 15) is 18.4 Å². The lowest BCUT2D eigenvalue weighted by atomic mass is 9.84. The Morgan fingerprint density at radius 2 is 1.89 bits per heavy atom. The number of benzene rings is 1. The number of fused-ring (bicyclic) bond motifs is 1. The van der Waals surface area contributed by atoms with Crippen LogP contribution in [0.5, 0.6) is 0 Å². The van der Waals surface area contributed by atoms with Crippen molar-refractivity contribution in [3.63, 3.8) is 0 Å². The van der Waals surface area contributed by atoms with Gasteiger partial charge in [0.1, 0.15) is 5.60 Å². The number of aromatic nitrogens is 3. The molecule has 3 heterocycles. The lowest BCUT2D eigenvalue weighted by Crippen LogP contribution is -2.48. The number of methoxy groups -OCH3 is 1. The first kappa shape index (κ1) is 24.7. The third-order valence-corrected chi connectivity index (χ3v) is 6.97. The second-order valence-electron chi connectivity index (χ2n) is 8.96. The van der Waals surface area contributed by atoms with Crippen LogP contribution in [0.25, 0.3) is 10.9 Å². The van der Waals surface area contributed by atoms with Crippen LogP contribution >= 0.6 is 0 Å². The lowest BCUT2D eigenvalue weighted by Gasteiger charge is -2.40. The number of rotatable bonds is 6. The van der Waals surface area contributed by atoms with Gasteiger partial charge in [-0.05, 0) is 37.5 Å². The number of carbonyl (C=O) groups excluding carboxylic acids is 1. The molecule has 1 saturated heterocycles. The first-order chi connectivity index (χ1) is 16.7. The standard InChI is InChI=1S/C25H29F2N5O3/c1-15(17-6-5-7-18(12-17)22(26)27)29-23-19-13-20(24(34)31(3)21(19)14-28-30-23)25(35-4)8-10-32(11-9-25)16(2)33/h5-7,12-15,22H,8-11H2,1-4H3,(H,29,30)/t15-/m1/s1. The Kier molecular flexibility index (Phi) is 6.84. The molecule has 1 N–H and O–H groups in total. The summed E-state index contributed by atoms with van der Waals surface area (Å²) in [4.78, 5) is 26.9. The van der Waals surface area contributed by atoms with Crippen LogP contribution in [0, 0.1) is 0 Å². The fraction of sp³-hybridized carbons (Fsp3) is 0.440. The fourth-order valence-electron chi connectivity index (χ4n) is 4.74. The van der Waals surface area contributed by atoms with Gasteiger partial charge in [-0.15, -0.1) is 5.10 Å². The number of hydrogen-bond donors (Lipinski definition) is 1. The van der Waals surface area contributed by atoms with Gasteiger partial charge in [0.2, 0.25) is 5.91 Å². The minimum absolute atomic E-state index is 0.00669. The highest BCUT2D eigenvalue weighted by atomic mass is 19.3. The maximum absolute atomic E-state index is 13.4. The molecule has 35 heavy (non-hydrogen) atoms. The van der Waals surface area contributed by atoms with Gasteiger partial charge in [0, 0.05) is 45.1 Å². The van der Waals surface area contributed by atoms with Crippen molar-refractivity contribution in [1.29, 1.82) is 0 Å². The number of hydrogen-bond acceptors (Lipinski definition) is 6. The van der Waals surface area contributed by atoms with Crippen LogP contribution in [0.3, 0.4) is 0 Å². The van der Waals surface area contributed by atoms with Gasteiger partial charge in [-0.25, -0.2) is 8.78 Å². The van der Waals surface area contributed by atoms with E-state index >= 15 is 0 Å². The summed E-state index contributed by atoms with van der Waals surface area (Å²) in [5.41, 5.74) is 0.652. The van der Waals surface area contributed by atoms with E-state index in [1.54, 1.807) is 37.3 Å². The Hall–Kier alpha value is -3.40. The molecule has 0 unspecified atom stereocenters. The topological polar surface area (TPSA) is 89.3 Å². The molecule has 10 heteroatoms. The van der Waals surface area contributed by atoms with Crippen molar-refractivity contribution < 1.29 is 18.3 Å². The molecule has 1 aromatic carbocycles. The number of piperidine rings is 1. The van der Waals surface area contributed by atoms with E-state index in [-0.39, 0.29) is 23.1 Å². The fourth-order valence-corrected chi connectivity index (χ4v) is 4.74. The number of carbonyl (C=O) groups is 1. The van der Waals surface area contributed by atoms with E-state index in [2.05, 4.69) is 15.5 Å². The number of alkyl halides is 2. The number of likely N-dealkylation sites (tertiary alicyclic amines) is 1. The third-order valence-electron chi connectivity index (χ3n) is 6.97. The van der Waals surface area contributed by atoms with E-state index in [1.165, 1.54) is 29.8 Å². The summed E-state index contributed by atoms with van der Waals surface area (Å²) in [7, 11) is 3.25. The number of pyridine rings is 1. The van der Waals surface area contributed by atoms with Gasteiger partial charge < -0.3 is 19.5 Å². The smallest absolute Gasteiger partial charge is 0.263 e. The zero-order valence-corrected chi connectivity index (χ0v) is 20.2. The average molecular weight is 486 g/mol. The van der Waals surface area contributed by atoms with Crippen LogP contribution in [-0.4, -0.2) is 45.8 Å². The molecule has 0 spiro atoms. The number of nitrogens with zero attached hydrogens (tertiary/aromatic N) is 4. The van der Waals surface area contributed by atoms with E-state index in [0.29, 0.717) is 53.8 Å². The highest BCUT2D eigenvalue weighted by molar-refractivity contribution is 5.89. The van der Waals surface area contributed by atoms with E-state index in [0.717, 1.165) is 0 Å². The number of amides is 1. The van der Waals surface area contributed by atoms with E-state index < -0.39 is 12.0 Å². The quantitative estimate of drug-likeness (QED) is 0.569. The molecule has 0 radical (unpaired) electrons. The van der Waals surface area contributed by atoms with E-state index in [1.807, 2.05) is 6.92 Å². The first-order valence-corrected chi connectivity index (χ1v) is 11.5. The third kappa shape index (κ3) is 4.62. The van der Waals surface area contributed by atoms with Crippen molar-refractivity contribution in [2.45, 2.75) is 44.8 Å². The molecule has 0 bridgehead atoms. The predicted molar refractivity (Wildman–Crippen MR) is 128 cm³/mol. The highest BCUT2D eigenvalue weighted by Crippen LogP contribution is 2.37. The summed E-state index contributed by atoms with van der Waals surface area (Å²) >= 11 is 0. The van der Waals surface area contributed by atoms with Crippen molar-refractivity contribution in [3.05, 3.63) is 63.6 Å². The second-order valence-corrected chi connectivity index (χ2v) is 8.96. The maximum atomic E-state index is 13.4. The van der Waals surface area contributed by atoms with Crippen LogP contribution in [0.4, 0.5) is 14.6 Å². The number of anilines is 1. The second kappa shape index (κ2) is 9.69. The van der Waals surface area contributed by atoms with Crippen molar-refractivity contribution in [2.24, 2.45) is 7.05 Å². The van der Waals surface area contributed by atoms with Gasteiger partial charge in [-0.1, -0.05) is 18.2 Å². The molecule has 1 aliphatic heterocycles. The molecule has 0 saturated carbocycles. The molecule has 1 amide bonds. The molecule has 0 aliphatic carbocycles. The SMILES string of the molecule is COC1(c2cc3c(N[C@H](C)c4cccc(C(F)F)c4)nncc3n(C)c2=O)CCN(C(C)=O)CC1. The number of halogens is 2. The molecule has 1 fully saturated rings. The number of ether oxygens (including phenoxy) is 1. The van der Waals surface area contributed by atoms with Gasteiger partial charge in [-0.3, -0.25) is 9.59 Å².